The highest BCUT2D eigenvalue weighted by Gasteiger charge is 2.28. The number of hydrogen-bond acceptors (Lipinski definition) is 3. The zero-order valence-electron chi connectivity index (χ0n) is 11.1. The van der Waals surface area contributed by atoms with Crippen molar-refractivity contribution in [3.63, 3.8) is 0 Å². The van der Waals surface area contributed by atoms with Crippen molar-refractivity contribution >= 4 is 11.6 Å². The van der Waals surface area contributed by atoms with Crippen LogP contribution in [-0.2, 0) is 4.79 Å². The summed E-state index contributed by atoms with van der Waals surface area (Å²) in [6, 6.07) is 7.53. The molecule has 1 aromatic rings. The Labute approximate surface area is 113 Å². The molecule has 0 spiro atoms. The Morgan fingerprint density at radius 3 is 2.84 bits per heavy atom. The van der Waals surface area contributed by atoms with Gasteiger partial charge in [0.05, 0.1) is 17.2 Å². The molecule has 2 atom stereocenters. The van der Waals surface area contributed by atoms with Crippen molar-refractivity contribution in [2.45, 2.75) is 38.6 Å². The lowest BCUT2D eigenvalue weighted by Crippen LogP contribution is -2.40. The van der Waals surface area contributed by atoms with E-state index in [-0.39, 0.29) is 17.9 Å². The molecule has 0 radical (unpaired) electrons. The number of rotatable bonds is 2. The minimum atomic E-state index is -0.138. The van der Waals surface area contributed by atoms with E-state index >= 15 is 0 Å². The van der Waals surface area contributed by atoms with E-state index in [1.165, 1.54) is 0 Å². The van der Waals surface area contributed by atoms with Gasteiger partial charge >= 0.3 is 0 Å². The number of anilines is 1. The summed E-state index contributed by atoms with van der Waals surface area (Å²) in [6.45, 7) is 1.86. The highest BCUT2D eigenvalue weighted by Crippen LogP contribution is 2.25. The first-order chi connectivity index (χ1) is 9.13. The molecule has 1 amide bonds. The molecular weight excluding hydrogens is 238 g/mol. The van der Waals surface area contributed by atoms with Crippen molar-refractivity contribution < 1.29 is 4.79 Å². The molecule has 4 nitrogen and oxygen atoms in total. The quantitative estimate of drug-likeness (QED) is 0.853. The lowest BCUT2D eigenvalue weighted by Gasteiger charge is -2.27. The molecule has 100 valence electrons. The number of amides is 1. The predicted molar refractivity (Wildman–Crippen MR) is 74.5 cm³/mol. The molecule has 0 heterocycles. The van der Waals surface area contributed by atoms with Crippen molar-refractivity contribution in [1.82, 2.24) is 0 Å². The number of nitrogens with zero attached hydrogens (tertiary/aromatic N) is 1. The lowest BCUT2D eigenvalue weighted by molar-refractivity contribution is -0.121. The van der Waals surface area contributed by atoms with Crippen LogP contribution in [-0.4, -0.2) is 11.9 Å². The molecule has 1 fully saturated rings. The van der Waals surface area contributed by atoms with Gasteiger partial charge in [-0.25, -0.2) is 0 Å². The zero-order valence-corrected chi connectivity index (χ0v) is 11.1. The van der Waals surface area contributed by atoms with Crippen LogP contribution in [0.2, 0.25) is 0 Å². The van der Waals surface area contributed by atoms with Crippen LogP contribution >= 0.6 is 0 Å². The van der Waals surface area contributed by atoms with Crippen molar-refractivity contribution in [2.75, 3.05) is 5.32 Å². The number of nitrogens with two attached hydrogens (primary N) is 1. The Morgan fingerprint density at radius 1 is 1.42 bits per heavy atom. The maximum absolute atomic E-state index is 12.3. The standard InChI is InChI=1S/C15H19N3O/c1-10-5-4-8-14(12(10)9-16)18-15(19)11-6-2-3-7-13(11)17/h4-5,8,11,13H,2-3,6-7,17H2,1H3,(H,18,19). The predicted octanol–water partition coefficient (Wildman–Crippen LogP) is 2.32. The summed E-state index contributed by atoms with van der Waals surface area (Å²) in [7, 11) is 0. The first-order valence-corrected chi connectivity index (χ1v) is 6.69. The molecule has 0 saturated heterocycles. The van der Waals surface area contributed by atoms with Gasteiger partial charge in [-0.05, 0) is 31.4 Å². The average Bonchev–Trinajstić information content (AvgIpc) is 2.39. The second kappa shape index (κ2) is 5.85. The fourth-order valence-electron chi connectivity index (χ4n) is 2.63. The SMILES string of the molecule is Cc1cccc(NC(=O)C2CCCCC2N)c1C#N. The Bertz CT molecular complexity index is 519. The van der Waals surface area contributed by atoms with E-state index < -0.39 is 0 Å². The molecular formula is C15H19N3O. The van der Waals surface area contributed by atoms with Gasteiger partial charge in [0.25, 0.3) is 0 Å². The normalized spacial score (nSPS) is 22.6. The third-order valence-electron chi connectivity index (χ3n) is 3.80. The summed E-state index contributed by atoms with van der Waals surface area (Å²) in [5.74, 6) is -0.199. The van der Waals surface area contributed by atoms with Gasteiger partial charge in [-0.15, -0.1) is 0 Å². The molecule has 0 bridgehead atoms. The molecule has 1 aliphatic carbocycles. The van der Waals surface area contributed by atoms with Crippen LogP contribution in [0, 0.1) is 24.2 Å². The zero-order chi connectivity index (χ0) is 13.8. The Kier molecular flexibility index (Phi) is 4.18. The molecule has 1 aliphatic rings. The summed E-state index contributed by atoms with van der Waals surface area (Å²) in [5, 5.41) is 12.0. The van der Waals surface area contributed by atoms with Gasteiger partial charge in [0, 0.05) is 6.04 Å². The van der Waals surface area contributed by atoms with Gasteiger partial charge in [-0.1, -0.05) is 25.0 Å². The van der Waals surface area contributed by atoms with Crippen LogP contribution in [0.4, 0.5) is 5.69 Å². The fraction of sp³-hybridized carbons (Fsp3) is 0.467. The van der Waals surface area contributed by atoms with Crippen molar-refractivity contribution in [1.29, 1.82) is 5.26 Å². The minimum absolute atomic E-state index is 0.0608. The fourth-order valence-corrected chi connectivity index (χ4v) is 2.63. The van der Waals surface area contributed by atoms with Crippen LogP contribution in [0.25, 0.3) is 0 Å². The third-order valence-corrected chi connectivity index (χ3v) is 3.80. The van der Waals surface area contributed by atoms with Gasteiger partial charge in [-0.3, -0.25) is 4.79 Å². The van der Waals surface area contributed by atoms with Crippen LogP contribution in [0.1, 0.15) is 36.8 Å². The van der Waals surface area contributed by atoms with Crippen LogP contribution in [0.15, 0.2) is 18.2 Å². The second-order valence-electron chi connectivity index (χ2n) is 5.15. The van der Waals surface area contributed by atoms with E-state index in [1.807, 2.05) is 19.1 Å². The third kappa shape index (κ3) is 2.94. The van der Waals surface area contributed by atoms with Gasteiger partial charge < -0.3 is 11.1 Å². The van der Waals surface area contributed by atoms with Crippen molar-refractivity contribution in [2.24, 2.45) is 11.7 Å². The topological polar surface area (TPSA) is 78.9 Å². The number of benzene rings is 1. The number of aryl methyl sites for hydroxylation is 1. The van der Waals surface area contributed by atoms with Gasteiger partial charge in [0.2, 0.25) is 5.91 Å². The number of carbonyl (C=O) groups excluding carboxylic acids is 1. The molecule has 1 aromatic carbocycles. The Balaban J connectivity index is 2.15. The Morgan fingerprint density at radius 2 is 2.16 bits per heavy atom. The lowest BCUT2D eigenvalue weighted by atomic mass is 9.84. The van der Waals surface area contributed by atoms with E-state index in [4.69, 9.17) is 11.0 Å². The van der Waals surface area contributed by atoms with E-state index in [0.29, 0.717) is 11.3 Å². The van der Waals surface area contributed by atoms with Gasteiger partial charge in [0.15, 0.2) is 0 Å². The van der Waals surface area contributed by atoms with E-state index in [0.717, 1.165) is 31.2 Å². The molecule has 4 heteroatoms. The molecule has 0 aromatic heterocycles. The highest BCUT2D eigenvalue weighted by molar-refractivity contribution is 5.94. The minimum Gasteiger partial charge on any atom is -0.327 e. The molecule has 0 aliphatic heterocycles. The van der Waals surface area contributed by atoms with Crippen molar-refractivity contribution in [3.8, 4) is 6.07 Å². The maximum atomic E-state index is 12.3. The highest BCUT2D eigenvalue weighted by atomic mass is 16.1. The van der Waals surface area contributed by atoms with Crippen LogP contribution < -0.4 is 11.1 Å². The molecule has 19 heavy (non-hydrogen) atoms. The second-order valence-corrected chi connectivity index (χ2v) is 5.15. The summed E-state index contributed by atoms with van der Waals surface area (Å²) in [6.07, 6.45) is 3.88. The van der Waals surface area contributed by atoms with E-state index in [2.05, 4.69) is 11.4 Å². The number of hydrogen-bond donors (Lipinski definition) is 2. The van der Waals surface area contributed by atoms with Gasteiger partial charge in [-0.2, -0.15) is 5.26 Å². The number of nitrogens with one attached hydrogen (secondary N) is 1. The number of nitriles is 1. The molecule has 1 saturated carbocycles. The van der Waals surface area contributed by atoms with Gasteiger partial charge in [0.1, 0.15) is 6.07 Å². The molecule has 2 rings (SSSR count). The maximum Gasteiger partial charge on any atom is 0.229 e. The number of carbonyl (C=O) groups is 1. The summed E-state index contributed by atoms with van der Waals surface area (Å²) in [4.78, 5) is 12.3. The molecule has 2 unspecified atom stereocenters. The monoisotopic (exact) mass is 257 g/mol. The summed E-state index contributed by atoms with van der Waals surface area (Å²) < 4.78 is 0. The first-order valence-electron chi connectivity index (χ1n) is 6.69. The molecule has 3 N–H and O–H groups in total. The van der Waals surface area contributed by atoms with E-state index in [9.17, 15) is 4.79 Å². The summed E-state index contributed by atoms with van der Waals surface area (Å²) in [5.41, 5.74) is 7.99. The van der Waals surface area contributed by atoms with Crippen LogP contribution in [0.5, 0.6) is 0 Å². The Hall–Kier alpha value is -1.86. The largest absolute Gasteiger partial charge is 0.327 e. The first kappa shape index (κ1) is 13.6. The van der Waals surface area contributed by atoms with E-state index in [1.54, 1.807) is 6.07 Å². The van der Waals surface area contributed by atoms with Crippen molar-refractivity contribution in [3.05, 3.63) is 29.3 Å². The average molecular weight is 257 g/mol. The summed E-state index contributed by atoms with van der Waals surface area (Å²) >= 11 is 0. The van der Waals surface area contributed by atoms with Crippen LogP contribution in [0.3, 0.4) is 0 Å². The smallest absolute Gasteiger partial charge is 0.229 e.